The number of aromatic nitrogens is 4. The number of aromatic amines is 1. The number of carbonyl (C=O) groups excluding carboxylic acids is 1. The van der Waals surface area contributed by atoms with Crippen LogP contribution in [0.3, 0.4) is 0 Å². The fourth-order valence-corrected chi connectivity index (χ4v) is 1.57. The third-order valence-electron chi connectivity index (χ3n) is 2.55. The number of nitrogens with one attached hydrogen (secondary N) is 2. The van der Waals surface area contributed by atoms with Crippen molar-refractivity contribution in [3.8, 4) is 5.75 Å². The van der Waals surface area contributed by atoms with Crippen molar-refractivity contribution >= 4 is 11.6 Å². The number of rotatable bonds is 6. The zero-order valence-electron chi connectivity index (χ0n) is 11.0. The number of carbonyl (C=O) groups is 1. The van der Waals surface area contributed by atoms with Crippen LogP contribution in [0.5, 0.6) is 5.75 Å². The van der Waals surface area contributed by atoms with Gasteiger partial charge in [0, 0.05) is 6.07 Å². The van der Waals surface area contributed by atoms with E-state index in [2.05, 4.69) is 25.9 Å². The minimum atomic E-state index is -0.574. The fraction of sp³-hybridized carbons (Fsp3) is 0.273. The molecule has 2 aromatic rings. The molecule has 21 heavy (non-hydrogen) atoms. The second kappa shape index (κ2) is 6.41. The van der Waals surface area contributed by atoms with Crippen LogP contribution in [0.15, 0.2) is 24.3 Å². The molecule has 10 heteroatoms. The molecule has 1 unspecified atom stereocenters. The van der Waals surface area contributed by atoms with Crippen molar-refractivity contribution in [2.24, 2.45) is 0 Å². The monoisotopic (exact) mass is 292 g/mol. The average molecular weight is 292 g/mol. The normalized spacial score (nSPS) is 11.7. The summed E-state index contributed by atoms with van der Waals surface area (Å²) in [4.78, 5) is 21.9. The second-order valence-corrected chi connectivity index (χ2v) is 4.07. The number of nitro groups is 1. The molecule has 0 aliphatic carbocycles. The Labute approximate surface area is 118 Å². The predicted molar refractivity (Wildman–Crippen MR) is 69.3 cm³/mol. The summed E-state index contributed by atoms with van der Waals surface area (Å²) in [5.74, 6) is -0.0932. The van der Waals surface area contributed by atoms with Gasteiger partial charge in [-0.1, -0.05) is 17.3 Å². The van der Waals surface area contributed by atoms with Crippen LogP contribution in [0.1, 0.15) is 18.8 Å². The maximum Gasteiger partial charge on any atom is 0.310 e. The maximum absolute atomic E-state index is 11.7. The van der Waals surface area contributed by atoms with Gasteiger partial charge < -0.3 is 10.1 Å². The molecule has 0 saturated carbocycles. The van der Waals surface area contributed by atoms with Crippen molar-refractivity contribution in [3.63, 3.8) is 0 Å². The quantitative estimate of drug-likeness (QED) is 0.579. The molecule has 0 saturated heterocycles. The lowest BCUT2D eigenvalue weighted by atomic mass is 10.3. The Balaban J connectivity index is 1.91. The lowest BCUT2D eigenvalue weighted by molar-refractivity contribution is -0.385. The summed E-state index contributed by atoms with van der Waals surface area (Å²) >= 11 is 0. The molecule has 1 aromatic heterocycles. The van der Waals surface area contributed by atoms with E-state index in [4.69, 9.17) is 4.74 Å². The van der Waals surface area contributed by atoms with Gasteiger partial charge in [-0.15, -0.1) is 10.2 Å². The molecule has 1 atom stereocenters. The molecule has 0 radical (unpaired) electrons. The number of para-hydroxylation sites is 2. The number of hydrogen-bond donors (Lipinski definition) is 2. The highest BCUT2D eigenvalue weighted by molar-refractivity contribution is 5.78. The molecule has 1 aromatic carbocycles. The largest absolute Gasteiger partial charge is 0.477 e. The zero-order chi connectivity index (χ0) is 15.2. The molecule has 2 N–H and O–H groups in total. The van der Waals surface area contributed by atoms with Crippen LogP contribution in [0, 0.1) is 10.1 Å². The Morgan fingerprint density at radius 1 is 1.52 bits per heavy atom. The summed E-state index contributed by atoms with van der Waals surface area (Å²) in [6, 6.07) is 5.37. The van der Waals surface area contributed by atoms with Gasteiger partial charge in [0.05, 0.1) is 11.0 Å². The van der Waals surface area contributed by atoms with Crippen molar-refractivity contribution in [1.82, 2.24) is 25.9 Å². The van der Waals surface area contributed by atoms with Crippen molar-refractivity contribution in [2.75, 3.05) is 6.61 Å². The van der Waals surface area contributed by atoms with E-state index in [1.54, 1.807) is 13.0 Å². The van der Waals surface area contributed by atoms with Crippen LogP contribution < -0.4 is 10.1 Å². The number of ether oxygens (including phenoxy) is 1. The van der Waals surface area contributed by atoms with Gasteiger partial charge in [-0.2, -0.15) is 5.21 Å². The van der Waals surface area contributed by atoms with Crippen LogP contribution >= 0.6 is 0 Å². The molecule has 0 aliphatic heterocycles. The van der Waals surface area contributed by atoms with Gasteiger partial charge in [0.1, 0.15) is 0 Å². The predicted octanol–water partition coefficient (Wildman–Crippen LogP) is 0.364. The number of tetrazole rings is 1. The highest BCUT2D eigenvalue weighted by atomic mass is 16.6. The van der Waals surface area contributed by atoms with E-state index >= 15 is 0 Å². The summed E-state index contributed by atoms with van der Waals surface area (Å²) in [6.45, 7) is 1.32. The Morgan fingerprint density at radius 3 is 2.95 bits per heavy atom. The molecule has 1 amide bonds. The third kappa shape index (κ3) is 3.72. The lowest BCUT2D eigenvalue weighted by Crippen LogP contribution is -2.31. The van der Waals surface area contributed by atoms with Gasteiger partial charge in [-0.05, 0) is 13.0 Å². The second-order valence-electron chi connectivity index (χ2n) is 4.07. The van der Waals surface area contributed by atoms with Crippen LogP contribution in [0.25, 0.3) is 0 Å². The topological polar surface area (TPSA) is 136 Å². The fourth-order valence-electron chi connectivity index (χ4n) is 1.57. The van der Waals surface area contributed by atoms with Gasteiger partial charge in [0.25, 0.3) is 5.91 Å². The van der Waals surface area contributed by atoms with E-state index in [0.717, 1.165) is 0 Å². The van der Waals surface area contributed by atoms with Crippen molar-refractivity contribution < 1.29 is 14.5 Å². The first-order valence-electron chi connectivity index (χ1n) is 5.97. The zero-order valence-corrected chi connectivity index (χ0v) is 11.0. The minimum absolute atomic E-state index is 0.0323. The minimum Gasteiger partial charge on any atom is -0.477 e. The highest BCUT2D eigenvalue weighted by Crippen LogP contribution is 2.25. The van der Waals surface area contributed by atoms with Crippen LogP contribution in [0.2, 0.25) is 0 Å². The number of hydrogen-bond acceptors (Lipinski definition) is 7. The van der Waals surface area contributed by atoms with Crippen LogP contribution in [0.4, 0.5) is 5.69 Å². The SMILES string of the molecule is CC(NC(=O)COc1ccccc1[N+](=O)[O-])c1nn[nH]n1. The maximum atomic E-state index is 11.7. The highest BCUT2D eigenvalue weighted by Gasteiger charge is 2.17. The number of benzene rings is 1. The third-order valence-corrected chi connectivity index (χ3v) is 2.55. The molecule has 0 aliphatic rings. The number of nitrogens with zero attached hydrogens (tertiary/aromatic N) is 4. The molecule has 1 heterocycles. The first-order valence-corrected chi connectivity index (χ1v) is 5.97. The van der Waals surface area contributed by atoms with Gasteiger partial charge in [0.2, 0.25) is 0 Å². The molecule has 2 rings (SSSR count). The Bertz CT molecular complexity index is 629. The van der Waals surface area contributed by atoms with E-state index in [1.807, 2.05) is 0 Å². The Kier molecular flexibility index (Phi) is 4.39. The Hall–Kier alpha value is -3.04. The van der Waals surface area contributed by atoms with E-state index < -0.39 is 16.9 Å². The summed E-state index contributed by atoms with van der Waals surface area (Å²) in [5.41, 5.74) is -0.198. The van der Waals surface area contributed by atoms with Gasteiger partial charge in [-0.3, -0.25) is 14.9 Å². The number of amides is 1. The lowest BCUT2D eigenvalue weighted by Gasteiger charge is -2.10. The molecule has 0 bridgehead atoms. The molecule has 0 fully saturated rings. The standard InChI is InChI=1S/C11H12N6O4/c1-7(11-13-15-16-14-11)12-10(18)6-21-9-5-3-2-4-8(9)17(19)20/h2-5,7H,6H2,1H3,(H,12,18)(H,13,14,15,16). The summed E-state index contributed by atoms with van der Waals surface area (Å²) in [6.07, 6.45) is 0. The van der Waals surface area contributed by atoms with Crippen molar-refractivity contribution in [1.29, 1.82) is 0 Å². The molecular formula is C11H12N6O4. The summed E-state index contributed by atoms with van der Waals surface area (Å²) in [7, 11) is 0. The van der Waals surface area contributed by atoms with Crippen LogP contribution in [-0.4, -0.2) is 38.1 Å². The van der Waals surface area contributed by atoms with Crippen LogP contribution in [-0.2, 0) is 4.79 Å². The van der Waals surface area contributed by atoms with Crippen molar-refractivity contribution in [2.45, 2.75) is 13.0 Å². The van der Waals surface area contributed by atoms with E-state index in [0.29, 0.717) is 5.82 Å². The first-order chi connectivity index (χ1) is 10.1. The molecule has 0 spiro atoms. The first kappa shape index (κ1) is 14.4. The van der Waals surface area contributed by atoms with E-state index in [-0.39, 0.29) is 18.0 Å². The Morgan fingerprint density at radius 2 is 2.29 bits per heavy atom. The van der Waals surface area contributed by atoms with Gasteiger partial charge >= 0.3 is 5.69 Å². The van der Waals surface area contributed by atoms with E-state index in [1.165, 1.54) is 18.2 Å². The average Bonchev–Trinajstić information content (AvgIpc) is 2.99. The summed E-state index contributed by atoms with van der Waals surface area (Å²) in [5, 5.41) is 26.5. The number of H-pyrrole nitrogens is 1. The van der Waals surface area contributed by atoms with E-state index in [9.17, 15) is 14.9 Å². The van der Waals surface area contributed by atoms with Crippen molar-refractivity contribution in [3.05, 3.63) is 40.2 Å². The summed E-state index contributed by atoms with van der Waals surface area (Å²) < 4.78 is 5.16. The molecule has 110 valence electrons. The molecule has 10 nitrogen and oxygen atoms in total. The van der Waals surface area contributed by atoms with Gasteiger partial charge in [-0.25, -0.2) is 0 Å². The van der Waals surface area contributed by atoms with Gasteiger partial charge in [0.15, 0.2) is 18.2 Å². The smallest absolute Gasteiger partial charge is 0.310 e. The molecular weight excluding hydrogens is 280 g/mol. The number of nitro benzene ring substituents is 1.